The van der Waals surface area contributed by atoms with Crippen molar-refractivity contribution in [2.75, 3.05) is 47.1 Å². The first-order chi connectivity index (χ1) is 8.95. The molecule has 0 amide bonds. The third-order valence-electron chi connectivity index (χ3n) is 3.52. The minimum atomic E-state index is -0.0517. The van der Waals surface area contributed by atoms with Gasteiger partial charge in [-0.3, -0.25) is 4.90 Å². The molecular formula is C15H32N2O2. The number of unbranched alkanes of at least 4 members (excludes halogenated alkanes) is 1. The topological polar surface area (TPSA) is 24.9 Å². The third-order valence-corrected chi connectivity index (χ3v) is 3.52. The fourth-order valence-electron chi connectivity index (χ4n) is 2.46. The van der Waals surface area contributed by atoms with Gasteiger partial charge in [-0.1, -0.05) is 27.2 Å². The monoisotopic (exact) mass is 272 g/mol. The van der Waals surface area contributed by atoms with Gasteiger partial charge in [0.15, 0.2) is 6.29 Å². The molecule has 0 bridgehead atoms. The highest BCUT2D eigenvalue weighted by atomic mass is 16.7. The van der Waals surface area contributed by atoms with Gasteiger partial charge in [0.2, 0.25) is 0 Å². The van der Waals surface area contributed by atoms with Gasteiger partial charge in [0, 0.05) is 25.1 Å². The summed E-state index contributed by atoms with van der Waals surface area (Å²) in [6.45, 7) is 11.5. The van der Waals surface area contributed by atoms with Crippen LogP contribution in [-0.2, 0) is 9.47 Å². The van der Waals surface area contributed by atoms with Gasteiger partial charge in [-0.2, -0.15) is 0 Å². The third kappa shape index (κ3) is 6.21. The molecule has 1 heterocycles. The van der Waals surface area contributed by atoms with Crippen LogP contribution in [0.4, 0.5) is 0 Å². The first-order valence-corrected chi connectivity index (χ1v) is 7.56. The molecule has 0 radical (unpaired) electrons. The van der Waals surface area contributed by atoms with Gasteiger partial charge in [-0.05, 0) is 33.5 Å². The van der Waals surface area contributed by atoms with Crippen LogP contribution in [0.25, 0.3) is 0 Å². The summed E-state index contributed by atoms with van der Waals surface area (Å²) in [6, 6.07) is 0. The van der Waals surface area contributed by atoms with Crippen molar-refractivity contribution in [2.45, 2.75) is 46.3 Å². The molecular weight excluding hydrogens is 240 g/mol. The molecule has 0 spiro atoms. The van der Waals surface area contributed by atoms with Crippen molar-refractivity contribution in [3.8, 4) is 0 Å². The quantitative estimate of drug-likeness (QED) is 0.634. The molecule has 1 unspecified atom stereocenters. The van der Waals surface area contributed by atoms with E-state index in [4.69, 9.17) is 9.47 Å². The van der Waals surface area contributed by atoms with Crippen LogP contribution in [0, 0.1) is 5.41 Å². The van der Waals surface area contributed by atoms with E-state index in [9.17, 15) is 0 Å². The van der Waals surface area contributed by atoms with E-state index in [0.29, 0.717) is 6.73 Å². The Morgan fingerprint density at radius 3 is 2.63 bits per heavy atom. The Bertz CT molecular complexity index is 244. The highest BCUT2D eigenvalue weighted by Gasteiger charge is 2.37. The predicted octanol–water partition coefficient (Wildman–Crippen LogP) is 2.40. The molecule has 19 heavy (non-hydrogen) atoms. The molecule has 0 aliphatic carbocycles. The van der Waals surface area contributed by atoms with Gasteiger partial charge in [-0.25, -0.2) is 0 Å². The fraction of sp³-hybridized carbons (Fsp3) is 1.00. The highest BCUT2D eigenvalue weighted by Crippen LogP contribution is 2.30. The lowest BCUT2D eigenvalue weighted by molar-refractivity contribution is -0.254. The summed E-state index contributed by atoms with van der Waals surface area (Å²) in [5.74, 6) is 0. The van der Waals surface area contributed by atoms with E-state index in [1.165, 1.54) is 12.8 Å². The van der Waals surface area contributed by atoms with Crippen molar-refractivity contribution in [1.82, 2.24) is 9.80 Å². The normalized spacial score (nSPS) is 24.0. The van der Waals surface area contributed by atoms with Crippen LogP contribution in [0.2, 0.25) is 0 Å². The number of ether oxygens (including phenoxy) is 2. The molecule has 0 aromatic rings. The molecule has 0 aromatic heterocycles. The van der Waals surface area contributed by atoms with E-state index in [1.807, 2.05) is 0 Å². The number of hydrogen-bond acceptors (Lipinski definition) is 4. The van der Waals surface area contributed by atoms with Crippen LogP contribution >= 0.6 is 0 Å². The second kappa shape index (κ2) is 8.20. The highest BCUT2D eigenvalue weighted by molar-refractivity contribution is 4.80. The Hall–Kier alpha value is -0.160. The van der Waals surface area contributed by atoms with Crippen LogP contribution in [0.1, 0.15) is 40.0 Å². The predicted molar refractivity (Wildman–Crippen MR) is 79.1 cm³/mol. The zero-order valence-corrected chi connectivity index (χ0v) is 13.4. The van der Waals surface area contributed by atoms with Crippen LogP contribution in [0.5, 0.6) is 0 Å². The second-order valence-corrected chi connectivity index (χ2v) is 6.55. The summed E-state index contributed by atoms with van der Waals surface area (Å²) in [5, 5.41) is 0. The van der Waals surface area contributed by atoms with Crippen molar-refractivity contribution in [2.24, 2.45) is 5.41 Å². The lowest BCUT2D eigenvalue weighted by atomic mass is 9.90. The maximum atomic E-state index is 5.90. The Kier molecular flexibility index (Phi) is 7.29. The first kappa shape index (κ1) is 16.9. The number of rotatable bonds is 8. The van der Waals surface area contributed by atoms with Crippen molar-refractivity contribution >= 4 is 0 Å². The lowest BCUT2D eigenvalue weighted by Gasteiger charge is -2.43. The maximum absolute atomic E-state index is 5.90. The number of nitrogens with zero attached hydrogens (tertiary/aromatic N) is 2. The van der Waals surface area contributed by atoms with Crippen molar-refractivity contribution in [1.29, 1.82) is 0 Å². The van der Waals surface area contributed by atoms with E-state index < -0.39 is 0 Å². The van der Waals surface area contributed by atoms with Gasteiger partial charge in [0.05, 0.1) is 0 Å². The van der Waals surface area contributed by atoms with Crippen LogP contribution in [-0.4, -0.2) is 63.2 Å². The van der Waals surface area contributed by atoms with Gasteiger partial charge < -0.3 is 14.4 Å². The maximum Gasteiger partial charge on any atom is 0.165 e. The smallest absolute Gasteiger partial charge is 0.165 e. The Balaban J connectivity index is 2.30. The van der Waals surface area contributed by atoms with E-state index in [0.717, 1.165) is 32.7 Å². The molecule has 114 valence electrons. The standard InChI is InChI=1S/C15H32N2O2/c1-6-7-11-18-14-15(2,3)12-17(13-19-14)10-8-9-16(4)5/h14H,6-13H2,1-5H3. The Morgan fingerprint density at radius 1 is 1.32 bits per heavy atom. The molecule has 1 fully saturated rings. The summed E-state index contributed by atoms with van der Waals surface area (Å²) in [6.07, 6.45) is 3.42. The van der Waals surface area contributed by atoms with Crippen LogP contribution in [0.3, 0.4) is 0 Å². The zero-order valence-electron chi connectivity index (χ0n) is 13.4. The molecule has 1 aliphatic heterocycles. The largest absolute Gasteiger partial charge is 0.352 e. The Labute approximate surface area is 119 Å². The molecule has 1 saturated heterocycles. The SMILES string of the molecule is CCCCOC1OCN(CCCN(C)C)CC1(C)C. The van der Waals surface area contributed by atoms with Crippen molar-refractivity contribution in [3.05, 3.63) is 0 Å². The summed E-state index contributed by atoms with van der Waals surface area (Å²) in [7, 11) is 4.24. The van der Waals surface area contributed by atoms with Gasteiger partial charge in [-0.15, -0.1) is 0 Å². The van der Waals surface area contributed by atoms with Gasteiger partial charge >= 0.3 is 0 Å². The van der Waals surface area contributed by atoms with E-state index >= 15 is 0 Å². The summed E-state index contributed by atoms with van der Waals surface area (Å²) >= 11 is 0. The van der Waals surface area contributed by atoms with E-state index in [2.05, 4.69) is 44.7 Å². The molecule has 0 saturated carbocycles. The first-order valence-electron chi connectivity index (χ1n) is 7.56. The molecule has 4 heteroatoms. The molecule has 0 N–H and O–H groups in total. The zero-order chi connectivity index (χ0) is 14.3. The fourth-order valence-corrected chi connectivity index (χ4v) is 2.46. The van der Waals surface area contributed by atoms with Crippen molar-refractivity contribution < 1.29 is 9.47 Å². The minimum Gasteiger partial charge on any atom is -0.352 e. The van der Waals surface area contributed by atoms with Crippen molar-refractivity contribution in [3.63, 3.8) is 0 Å². The average Bonchev–Trinajstić information content (AvgIpc) is 2.31. The van der Waals surface area contributed by atoms with Crippen LogP contribution < -0.4 is 0 Å². The van der Waals surface area contributed by atoms with Gasteiger partial charge in [0.1, 0.15) is 6.73 Å². The molecule has 0 aromatic carbocycles. The minimum absolute atomic E-state index is 0.0517. The second-order valence-electron chi connectivity index (χ2n) is 6.55. The summed E-state index contributed by atoms with van der Waals surface area (Å²) in [5.41, 5.74) is 0.0735. The van der Waals surface area contributed by atoms with E-state index in [1.54, 1.807) is 0 Å². The van der Waals surface area contributed by atoms with Gasteiger partial charge in [0.25, 0.3) is 0 Å². The van der Waals surface area contributed by atoms with E-state index in [-0.39, 0.29) is 11.7 Å². The molecule has 1 rings (SSSR count). The summed E-state index contributed by atoms with van der Waals surface area (Å²) < 4.78 is 11.8. The Morgan fingerprint density at radius 2 is 2.05 bits per heavy atom. The molecule has 4 nitrogen and oxygen atoms in total. The lowest BCUT2D eigenvalue weighted by Crippen LogP contribution is -2.51. The van der Waals surface area contributed by atoms with Crippen LogP contribution in [0.15, 0.2) is 0 Å². The molecule has 1 atom stereocenters. The number of hydrogen-bond donors (Lipinski definition) is 0. The molecule has 1 aliphatic rings. The average molecular weight is 272 g/mol. The summed E-state index contributed by atoms with van der Waals surface area (Å²) in [4.78, 5) is 4.62.